The fourth-order valence-corrected chi connectivity index (χ4v) is 2.03. The third-order valence-electron chi connectivity index (χ3n) is 3.02. The van der Waals surface area contributed by atoms with E-state index in [-0.39, 0.29) is 0 Å². The van der Waals surface area contributed by atoms with Crippen LogP contribution in [0.3, 0.4) is 0 Å². The first kappa shape index (κ1) is 6.62. The minimum absolute atomic E-state index is 0.551. The van der Waals surface area contributed by atoms with Crippen LogP contribution < -0.4 is 5.73 Å². The first-order chi connectivity index (χ1) is 4.70. The molecular weight excluding hydrogens is 124 g/mol. The molecule has 0 spiro atoms. The van der Waals surface area contributed by atoms with E-state index in [0.29, 0.717) is 6.04 Å². The van der Waals surface area contributed by atoms with E-state index in [9.17, 15) is 0 Å². The lowest BCUT2D eigenvalue weighted by Crippen LogP contribution is -2.33. The van der Waals surface area contributed by atoms with Crippen molar-refractivity contribution in [2.24, 2.45) is 17.6 Å². The average Bonchev–Trinajstić information content (AvgIpc) is 2.38. The van der Waals surface area contributed by atoms with Crippen LogP contribution >= 0.6 is 0 Å². The molecule has 10 heavy (non-hydrogen) atoms. The maximum absolute atomic E-state index is 5.81. The second-order valence-corrected chi connectivity index (χ2v) is 3.95. The van der Waals surface area contributed by atoms with Crippen LogP contribution in [-0.4, -0.2) is 30.1 Å². The van der Waals surface area contributed by atoms with Gasteiger partial charge in [-0.15, -0.1) is 0 Å². The monoisotopic (exact) mass is 140 g/mol. The SMILES string of the molecule is CC(C)N1C[C@@H]2C(N)[C@@H]2C1. The van der Waals surface area contributed by atoms with Gasteiger partial charge in [0.05, 0.1) is 0 Å². The summed E-state index contributed by atoms with van der Waals surface area (Å²) in [5.41, 5.74) is 5.81. The van der Waals surface area contributed by atoms with Gasteiger partial charge in [-0.25, -0.2) is 0 Å². The van der Waals surface area contributed by atoms with Crippen molar-refractivity contribution in [2.45, 2.75) is 25.9 Å². The van der Waals surface area contributed by atoms with Crippen molar-refractivity contribution in [3.63, 3.8) is 0 Å². The molecule has 1 saturated carbocycles. The van der Waals surface area contributed by atoms with E-state index >= 15 is 0 Å². The third kappa shape index (κ3) is 0.789. The summed E-state index contributed by atoms with van der Waals surface area (Å²) in [6, 6.07) is 1.27. The zero-order chi connectivity index (χ0) is 7.30. The van der Waals surface area contributed by atoms with Crippen LogP contribution in [0.4, 0.5) is 0 Å². The molecule has 1 heterocycles. The molecule has 0 bridgehead atoms. The highest BCUT2D eigenvalue weighted by molar-refractivity contribution is 5.08. The molecule has 3 atom stereocenters. The summed E-state index contributed by atoms with van der Waals surface area (Å²) in [5, 5.41) is 0. The van der Waals surface area contributed by atoms with Crippen LogP contribution in [0.2, 0.25) is 0 Å². The Morgan fingerprint density at radius 3 is 2.20 bits per heavy atom. The van der Waals surface area contributed by atoms with Crippen molar-refractivity contribution < 1.29 is 0 Å². The van der Waals surface area contributed by atoms with E-state index in [4.69, 9.17) is 5.73 Å². The molecule has 1 aliphatic heterocycles. The first-order valence-corrected chi connectivity index (χ1v) is 4.20. The van der Waals surface area contributed by atoms with Crippen LogP contribution in [0.15, 0.2) is 0 Å². The van der Waals surface area contributed by atoms with Crippen molar-refractivity contribution in [2.75, 3.05) is 13.1 Å². The molecule has 0 aromatic carbocycles. The van der Waals surface area contributed by atoms with E-state index in [2.05, 4.69) is 18.7 Å². The molecule has 2 nitrogen and oxygen atoms in total. The van der Waals surface area contributed by atoms with E-state index in [1.165, 1.54) is 13.1 Å². The van der Waals surface area contributed by atoms with Crippen molar-refractivity contribution in [1.82, 2.24) is 4.90 Å². The molecule has 2 heteroatoms. The predicted octanol–water partition coefficient (Wildman–Crippen LogP) is 0.284. The Bertz CT molecular complexity index is 132. The highest BCUT2D eigenvalue weighted by atomic mass is 15.2. The molecule has 0 aromatic heterocycles. The largest absolute Gasteiger partial charge is 0.327 e. The van der Waals surface area contributed by atoms with Crippen molar-refractivity contribution in [3.05, 3.63) is 0 Å². The van der Waals surface area contributed by atoms with E-state index in [0.717, 1.165) is 17.9 Å². The lowest BCUT2D eigenvalue weighted by molar-refractivity contribution is 0.243. The molecular formula is C8H16N2. The molecule has 58 valence electrons. The zero-order valence-electron chi connectivity index (χ0n) is 6.75. The van der Waals surface area contributed by atoms with Crippen LogP contribution in [-0.2, 0) is 0 Å². The minimum atomic E-state index is 0.551. The van der Waals surface area contributed by atoms with Gasteiger partial charge in [0.2, 0.25) is 0 Å². The molecule has 1 saturated heterocycles. The number of hydrogen-bond acceptors (Lipinski definition) is 2. The Labute approximate surface area is 62.4 Å². The Hall–Kier alpha value is -0.0800. The topological polar surface area (TPSA) is 29.3 Å². The molecule has 1 aliphatic carbocycles. The number of hydrogen-bond donors (Lipinski definition) is 1. The molecule has 0 amide bonds. The lowest BCUT2D eigenvalue weighted by atomic mass is 10.3. The predicted molar refractivity (Wildman–Crippen MR) is 41.7 cm³/mol. The summed E-state index contributed by atoms with van der Waals surface area (Å²) in [5.74, 6) is 1.70. The van der Waals surface area contributed by atoms with Crippen molar-refractivity contribution in [1.29, 1.82) is 0 Å². The Kier molecular flexibility index (Phi) is 1.29. The summed E-state index contributed by atoms with van der Waals surface area (Å²) in [4.78, 5) is 2.53. The molecule has 2 rings (SSSR count). The maximum Gasteiger partial charge on any atom is 0.0127 e. The third-order valence-corrected chi connectivity index (χ3v) is 3.02. The van der Waals surface area contributed by atoms with Crippen LogP contribution in [0.1, 0.15) is 13.8 Å². The van der Waals surface area contributed by atoms with Gasteiger partial charge < -0.3 is 10.6 Å². The molecule has 0 aromatic rings. The van der Waals surface area contributed by atoms with Crippen molar-refractivity contribution in [3.8, 4) is 0 Å². The smallest absolute Gasteiger partial charge is 0.0127 e. The van der Waals surface area contributed by atoms with E-state index < -0.39 is 0 Å². The van der Waals surface area contributed by atoms with Gasteiger partial charge in [0.25, 0.3) is 0 Å². The van der Waals surface area contributed by atoms with Gasteiger partial charge in [-0.3, -0.25) is 0 Å². The quantitative estimate of drug-likeness (QED) is 0.567. The van der Waals surface area contributed by atoms with Gasteiger partial charge in [0, 0.05) is 25.2 Å². The Balaban J connectivity index is 1.89. The first-order valence-electron chi connectivity index (χ1n) is 4.20. The number of nitrogens with two attached hydrogens (primary N) is 1. The van der Waals surface area contributed by atoms with Gasteiger partial charge in [0.15, 0.2) is 0 Å². The van der Waals surface area contributed by atoms with Crippen LogP contribution in [0.5, 0.6) is 0 Å². The standard InChI is InChI=1S/C8H16N2/c1-5(2)10-3-6-7(4-10)8(6)9/h5-8H,3-4,9H2,1-2H3/t6-,7+,8?. The van der Waals surface area contributed by atoms with Gasteiger partial charge >= 0.3 is 0 Å². The van der Waals surface area contributed by atoms with Gasteiger partial charge in [0.1, 0.15) is 0 Å². The number of nitrogens with zero attached hydrogens (tertiary/aromatic N) is 1. The minimum Gasteiger partial charge on any atom is -0.327 e. The van der Waals surface area contributed by atoms with E-state index in [1.54, 1.807) is 0 Å². The lowest BCUT2D eigenvalue weighted by Gasteiger charge is -2.22. The van der Waals surface area contributed by atoms with Crippen LogP contribution in [0, 0.1) is 11.8 Å². The van der Waals surface area contributed by atoms with Gasteiger partial charge in [-0.2, -0.15) is 0 Å². The molecule has 2 aliphatic rings. The number of fused-ring (bicyclic) bond motifs is 1. The summed E-state index contributed by atoms with van der Waals surface area (Å²) >= 11 is 0. The van der Waals surface area contributed by atoms with Gasteiger partial charge in [-0.1, -0.05) is 0 Å². The number of likely N-dealkylation sites (tertiary alicyclic amines) is 1. The normalized spacial score (nSPS) is 46.2. The molecule has 2 N–H and O–H groups in total. The van der Waals surface area contributed by atoms with Crippen molar-refractivity contribution >= 4 is 0 Å². The fraction of sp³-hybridized carbons (Fsp3) is 1.00. The fourth-order valence-electron chi connectivity index (χ4n) is 2.03. The Morgan fingerprint density at radius 2 is 1.80 bits per heavy atom. The summed E-state index contributed by atoms with van der Waals surface area (Å²) < 4.78 is 0. The molecule has 2 fully saturated rings. The van der Waals surface area contributed by atoms with E-state index in [1.807, 2.05) is 0 Å². The highest BCUT2D eigenvalue weighted by Gasteiger charge is 2.53. The summed E-state index contributed by atoms with van der Waals surface area (Å²) in [7, 11) is 0. The molecule has 1 unspecified atom stereocenters. The zero-order valence-corrected chi connectivity index (χ0v) is 6.75. The Morgan fingerprint density at radius 1 is 1.30 bits per heavy atom. The summed E-state index contributed by atoms with van der Waals surface area (Å²) in [6.45, 7) is 7.03. The molecule has 0 radical (unpaired) electrons. The average molecular weight is 140 g/mol. The highest BCUT2D eigenvalue weighted by Crippen LogP contribution is 2.44. The number of rotatable bonds is 1. The number of piperidine rings is 1. The second kappa shape index (κ2) is 1.95. The van der Waals surface area contributed by atoms with Crippen LogP contribution in [0.25, 0.3) is 0 Å². The maximum atomic E-state index is 5.81. The van der Waals surface area contributed by atoms with Gasteiger partial charge in [-0.05, 0) is 25.7 Å². The summed E-state index contributed by atoms with van der Waals surface area (Å²) in [6.07, 6.45) is 0. The second-order valence-electron chi connectivity index (χ2n) is 3.95.